The van der Waals surface area contributed by atoms with Crippen LogP contribution in [0.4, 0.5) is 5.69 Å². The van der Waals surface area contributed by atoms with Gasteiger partial charge in [-0.05, 0) is 61.1 Å². The molecule has 0 aliphatic heterocycles. The van der Waals surface area contributed by atoms with Crippen molar-refractivity contribution < 1.29 is 4.74 Å². The molecule has 0 radical (unpaired) electrons. The van der Waals surface area contributed by atoms with Crippen molar-refractivity contribution >= 4 is 5.69 Å². The molecule has 1 aromatic carbocycles. The second-order valence-corrected chi connectivity index (χ2v) is 5.47. The van der Waals surface area contributed by atoms with Crippen LogP contribution >= 0.6 is 0 Å². The second-order valence-electron chi connectivity index (χ2n) is 5.47. The lowest BCUT2D eigenvalue weighted by Crippen LogP contribution is -2.27. The number of nitrogens with one attached hydrogen (secondary N) is 1. The second kappa shape index (κ2) is 5.53. The highest BCUT2D eigenvalue weighted by Gasteiger charge is 2.19. The lowest BCUT2D eigenvalue weighted by molar-refractivity contribution is 0.413. The van der Waals surface area contributed by atoms with Crippen LogP contribution in [0.3, 0.4) is 0 Å². The summed E-state index contributed by atoms with van der Waals surface area (Å²) < 4.78 is 5.32. The minimum Gasteiger partial charge on any atom is -0.497 e. The number of benzene rings is 1. The minimum atomic E-state index is 0.471. The summed E-state index contributed by atoms with van der Waals surface area (Å²) in [6.07, 6.45) is 7.10. The van der Waals surface area contributed by atoms with Gasteiger partial charge >= 0.3 is 0 Å². The fraction of sp³-hybridized carbons (Fsp3) is 0.353. The molecule has 20 heavy (non-hydrogen) atoms. The number of hydrogen-bond acceptors (Lipinski definition) is 3. The monoisotopic (exact) mass is 268 g/mol. The third kappa shape index (κ3) is 2.77. The normalized spacial score (nSPS) is 17.4. The van der Waals surface area contributed by atoms with Gasteiger partial charge in [0.2, 0.25) is 0 Å². The molecule has 1 aliphatic carbocycles. The molecule has 1 N–H and O–H groups in total. The third-order valence-corrected chi connectivity index (χ3v) is 3.89. The molecule has 0 spiro atoms. The predicted molar refractivity (Wildman–Crippen MR) is 81.4 cm³/mol. The molecule has 0 fully saturated rings. The number of rotatable bonds is 3. The zero-order valence-electron chi connectivity index (χ0n) is 12.0. The Hall–Kier alpha value is -2.03. The van der Waals surface area contributed by atoms with Gasteiger partial charge in [0.1, 0.15) is 5.75 Å². The Kier molecular flexibility index (Phi) is 3.59. The summed E-state index contributed by atoms with van der Waals surface area (Å²) in [5.74, 6) is 0.946. The van der Waals surface area contributed by atoms with Crippen molar-refractivity contribution in [3.63, 3.8) is 0 Å². The van der Waals surface area contributed by atoms with Gasteiger partial charge in [-0.1, -0.05) is 6.07 Å². The number of aromatic nitrogens is 1. The molecule has 3 heteroatoms. The Morgan fingerprint density at radius 2 is 2.10 bits per heavy atom. The van der Waals surface area contributed by atoms with Gasteiger partial charge in [-0.2, -0.15) is 0 Å². The lowest BCUT2D eigenvalue weighted by atomic mass is 9.88. The highest BCUT2D eigenvalue weighted by Crippen LogP contribution is 2.27. The zero-order valence-corrected chi connectivity index (χ0v) is 12.0. The molecule has 2 aromatic rings. The first-order valence-corrected chi connectivity index (χ1v) is 7.08. The van der Waals surface area contributed by atoms with Gasteiger partial charge in [0.05, 0.1) is 12.8 Å². The molecule has 3 nitrogen and oxygen atoms in total. The van der Waals surface area contributed by atoms with Crippen LogP contribution in [0.2, 0.25) is 0 Å². The topological polar surface area (TPSA) is 34.1 Å². The maximum absolute atomic E-state index is 5.32. The number of anilines is 1. The number of methoxy groups -OCH3 is 1. The summed E-state index contributed by atoms with van der Waals surface area (Å²) in [6.45, 7) is 2.07. The van der Waals surface area contributed by atoms with Crippen LogP contribution in [0.1, 0.15) is 23.1 Å². The Bertz CT molecular complexity index is 610. The van der Waals surface area contributed by atoms with Crippen LogP contribution in [0.5, 0.6) is 5.75 Å². The summed E-state index contributed by atoms with van der Waals surface area (Å²) in [5.41, 5.74) is 5.15. The van der Waals surface area contributed by atoms with E-state index in [2.05, 4.69) is 41.5 Å². The molecular formula is C17H20N2O. The van der Waals surface area contributed by atoms with Crippen LogP contribution < -0.4 is 10.1 Å². The Morgan fingerprint density at radius 1 is 1.20 bits per heavy atom. The third-order valence-electron chi connectivity index (χ3n) is 3.89. The minimum absolute atomic E-state index is 0.471. The van der Waals surface area contributed by atoms with E-state index < -0.39 is 0 Å². The number of nitrogens with zero attached hydrogens (tertiary/aromatic N) is 1. The fourth-order valence-electron chi connectivity index (χ4n) is 2.85. The largest absolute Gasteiger partial charge is 0.497 e. The Labute approximate surface area is 120 Å². The van der Waals surface area contributed by atoms with Crippen LogP contribution in [-0.4, -0.2) is 18.1 Å². The maximum Gasteiger partial charge on any atom is 0.119 e. The van der Waals surface area contributed by atoms with E-state index in [1.165, 1.54) is 16.7 Å². The SMILES string of the molecule is COc1ccc2c(c1)CC(Nc1cncc(C)c1)CC2. The van der Waals surface area contributed by atoms with E-state index in [1.807, 2.05) is 12.4 Å². The molecule has 3 rings (SSSR count). The van der Waals surface area contributed by atoms with Gasteiger partial charge in [0.25, 0.3) is 0 Å². The average molecular weight is 268 g/mol. The number of aryl methyl sites for hydroxylation is 2. The van der Waals surface area contributed by atoms with E-state index in [0.717, 1.165) is 30.7 Å². The van der Waals surface area contributed by atoms with E-state index >= 15 is 0 Å². The van der Waals surface area contributed by atoms with Gasteiger partial charge in [-0.25, -0.2) is 0 Å². The van der Waals surface area contributed by atoms with Crippen LogP contribution in [0.15, 0.2) is 36.7 Å². The first kappa shape index (κ1) is 13.0. The fourth-order valence-corrected chi connectivity index (χ4v) is 2.85. The average Bonchev–Trinajstić information content (AvgIpc) is 2.46. The summed E-state index contributed by atoms with van der Waals surface area (Å²) in [7, 11) is 1.72. The van der Waals surface area contributed by atoms with Gasteiger partial charge < -0.3 is 10.1 Å². The molecule has 0 bridgehead atoms. The summed E-state index contributed by atoms with van der Waals surface area (Å²) >= 11 is 0. The van der Waals surface area contributed by atoms with Crippen molar-refractivity contribution in [2.45, 2.75) is 32.2 Å². The van der Waals surface area contributed by atoms with Crippen LogP contribution in [0, 0.1) is 6.92 Å². The van der Waals surface area contributed by atoms with Gasteiger partial charge in [-0.15, -0.1) is 0 Å². The standard InChI is InChI=1S/C17H20N2O/c1-12-7-16(11-18-10-12)19-15-5-3-13-4-6-17(20-2)9-14(13)8-15/h4,6-7,9-11,15,19H,3,5,8H2,1-2H3. The molecule has 1 heterocycles. The van der Waals surface area contributed by atoms with Gasteiger partial charge in [0.15, 0.2) is 0 Å². The highest BCUT2D eigenvalue weighted by atomic mass is 16.5. The molecule has 1 unspecified atom stereocenters. The van der Waals surface area contributed by atoms with Crippen molar-refractivity contribution in [1.29, 1.82) is 0 Å². The summed E-state index contributed by atoms with van der Waals surface area (Å²) in [5, 5.41) is 3.60. The van der Waals surface area contributed by atoms with Crippen molar-refractivity contribution in [2.24, 2.45) is 0 Å². The number of pyridine rings is 1. The maximum atomic E-state index is 5.32. The van der Waals surface area contributed by atoms with Crippen molar-refractivity contribution in [3.8, 4) is 5.75 Å². The van der Waals surface area contributed by atoms with Crippen LogP contribution in [0.25, 0.3) is 0 Å². The highest BCUT2D eigenvalue weighted by molar-refractivity contribution is 5.45. The van der Waals surface area contributed by atoms with E-state index in [1.54, 1.807) is 7.11 Å². The number of fused-ring (bicyclic) bond motifs is 1. The summed E-state index contributed by atoms with van der Waals surface area (Å²) in [6, 6.07) is 9.03. The van der Waals surface area contributed by atoms with Gasteiger partial charge in [-0.3, -0.25) is 4.98 Å². The lowest BCUT2D eigenvalue weighted by Gasteiger charge is -2.26. The first-order chi connectivity index (χ1) is 9.74. The first-order valence-electron chi connectivity index (χ1n) is 7.08. The van der Waals surface area contributed by atoms with Crippen molar-refractivity contribution in [1.82, 2.24) is 4.98 Å². The van der Waals surface area contributed by atoms with E-state index in [0.29, 0.717) is 6.04 Å². The van der Waals surface area contributed by atoms with Crippen LogP contribution in [-0.2, 0) is 12.8 Å². The predicted octanol–water partition coefficient (Wildman–Crippen LogP) is 3.37. The molecule has 0 saturated heterocycles. The van der Waals surface area contributed by atoms with E-state index in [-0.39, 0.29) is 0 Å². The number of hydrogen-bond donors (Lipinski definition) is 1. The zero-order chi connectivity index (χ0) is 13.9. The van der Waals surface area contributed by atoms with E-state index in [4.69, 9.17) is 4.74 Å². The Balaban J connectivity index is 1.74. The molecule has 0 amide bonds. The van der Waals surface area contributed by atoms with Crippen molar-refractivity contribution in [2.75, 3.05) is 12.4 Å². The smallest absolute Gasteiger partial charge is 0.119 e. The van der Waals surface area contributed by atoms with E-state index in [9.17, 15) is 0 Å². The van der Waals surface area contributed by atoms with Crippen molar-refractivity contribution in [3.05, 3.63) is 53.3 Å². The molecular weight excluding hydrogens is 248 g/mol. The molecule has 104 valence electrons. The Morgan fingerprint density at radius 3 is 2.90 bits per heavy atom. The quantitative estimate of drug-likeness (QED) is 0.926. The molecule has 1 atom stereocenters. The number of ether oxygens (including phenoxy) is 1. The molecule has 1 aromatic heterocycles. The summed E-state index contributed by atoms with van der Waals surface area (Å²) in [4.78, 5) is 4.24. The molecule has 0 saturated carbocycles. The van der Waals surface area contributed by atoms with Gasteiger partial charge in [0, 0.05) is 18.4 Å². The molecule has 1 aliphatic rings.